The summed E-state index contributed by atoms with van der Waals surface area (Å²) in [5, 5.41) is 14.0. The van der Waals surface area contributed by atoms with Gasteiger partial charge < -0.3 is 19.7 Å². The van der Waals surface area contributed by atoms with Gasteiger partial charge in [0.1, 0.15) is 23.6 Å². The molecule has 182 valence electrons. The highest BCUT2D eigenvalue weighted by molar-refractivity contribution is 5.93. The van der Waals surface area contributed by atoms with Gasteiger partial charge in [0.2, 0.25) is 5.91 Å². The molecule has 1 unspecified atom stereocenters. The first-order chi connectivity index (χ1) is 17.6. The number of carbonyl (C=O) groups is 1. The zero-order chi connectivity index (χ0) is 24.8. The third-order valence-electron chi connectivity index (χ3n) is 7.85. The number of amides is 1. The average molecular weight is 482 g/mol. The Bertz CT molecular complexity index is 1350. The van der Waals surface area contributed by atoms with Crippen LogP contribution in [0.1, 0.15) is 29.7 Å². The topological polar surface area (TPSA) is 90.7 Å². The molecule has 2 saturated heterocycles. The maximum Gasteiger partial charge on any atom is 0.247 e. The first-order valence-corrected chi connectivity index (χ1v) is 12.2. The van der Waals surface area contributed by atoms with Crippen LogP contribution in [0.15, 0.2) is 66.9 Å². The van der Waals surface area contributed by atoms with Crippen molar-refractivity contribution < 1.29 is 14.3 Å². The van der Waals surface area contributed by atoms with Crippen molar-refractivity contribution in [3.05, 3.63) is 83.7 Å². The summed E-state index contributed by atoms with van der Waals surface area (Å²) in [7, 11) is 1.62. The van der Waals surface area contributed by atoms with Gasteiger partial charge in [0.05, 0.1) is 25.5 Å². The Balaban J connectivity index is 1.43. The van der Waals surface area contributed by atoms with Gasteiger partial charge in [0, 0.05) is 36.1 Å². The van der Waals surface area contributed by atoms with Gasteiger partial charge >= 0.3 is 0 Å². The van der Waals surface area contributed by atoms with E-state index in [2.05, 4.69) is 26.2 Å². The molecule has 8 heteroatoms. The average Bonchev–Trinajstić information content (AvgIpc) is 3.16. The molecule has 0 bridgehead atoms. The second-order valence-corrected chi connectivity index (χ2v) is 9.42. The van der Waals surface area contributed by atoms with E-state index < -0.39 is 11.1 Å². The highest BCUT2D eigenvalue weighted by Crippen LogP contribution is 2.48. The number of hydrogen-bond acceptors (Lipinski definition) is 7. The summed E-state index contributed by atoms with van der Waals surface area (Å²) in [5.41, 5.74) is 1.53. The number of likely N-dealkylation sites (tertiary alicyclic amines) is 1. The molecule has 3 aliphatic rings. The largest absolute Gasteiger partial charge is 0.497 e. The molecule has 0 aliphatic carbocycles. The van der Waals surface area contributed by atoms with E-state index in [1.807, 2.05) is 60.7 Å². The Labute approximate surface area is 210 Å². The molecule has 3 aliphatic heterocycles. The van der Waals surface area contributed by atoms with Gasteiger partial charge in [-0.3, -0.25) is 14.7 Å². The van der Waals surface area contributed by atoms with Crippen LogP contribution in [0.25, 0.3) is 0 Å². The number of pyridine rings is 1. The molecule has 0 radical (unpaired) electrons. The first kappa shape index (κ1) is 22.4. The third-order valence-corrected chi connectivity index (χ3v) is 7.85. The van der Waals surface area contributed by atoms with Crippen molar-refractivity contribution in [2.24, 2.45) is 0 Å². The van der Waals surface area contributed by atoms with Gasteiger partial charge in [0.25, 0.3) is 0 Å². The number of carbonyl (C=O) groups excluding carboxylic acids is 1. The minimum absolute atomic E-state index is 0.0466. The Morgan fingerprint density at radius 2 is 1.89 bits per heavy atom. The van der Waals surface area contributed by atoms with Crippen molar-refractivity contribution in [2.75, 3.05) is 31.8 Å². The number of rotatable bonds is 3. The molecule has 2 aromatic carbocycles. The minimum Gasteiger partial charge on any atom is -0.497 e. The quantitative estimate of drug-likeness (QED) is 0.614. The molecule has 1 atom stereocenters. The van der Waals surface area contributed by atoms with Crippen LogP contribution in [0.2, 0.25) is 0 Å². The fourth-order valence-electron chi connectivity index (χ4n) is 5.99. The second kappa shape index (κ2) is 8.54. The summed E-state index contributed by atoms with van der Waals surface area (Å²) in [4.78, 5) is 22.1. The predicted molar refractivity (Wildman–Crippen MR) is 133 cm³/mol. The molecule has 3 aromatic rings. The highest BCUT2D eigenvalue weighted by Gasteiger charge is 2.55. The number of fused-ring (bicyclic) bond motifs is 2. The Morgan fingerprint density at radius 3 is 2.64 bits per heavy atom. The summed E-state index contributed by atoms with van der Waals surface area (Å²) in [6.45, 7) is 1.86. The Kier molecular flexibility index (Phi) is 5.31. The van der Waals surface area contributed by atoms with E-state index in [0.29, 0.717) is 44.1 Å². The summed E-state index contributed by atoms with van der Waals surface area (Å²) in [6, 6.07) is 22.1. The maximum atomic E-state index is 13.2. The molecule has 4 heterocycles. The lowest BCUT2D eigenvalue weighted by Gasteiger charge is -2.48. The number of nitrogens with zero attached hydrogens (tertiary/aromatic N) is 4. The smallest absolute Gasteiger partial charge is 0.247 e. The lowest BCUT2D eigenvalue weighted by Crippen LogP contribution is -2.60. The van der Waals surface area contributed by atoms with Crippen LogP contribution in [0.5, 0.6) is 11.5 Å². The minimum atomic E-state index is -1.13. The molecule has 1 spiro atoms. The van der Waals surface area contributed by atoms with Gasteiger partial charge in [-0.15, -0.1) is 0 Å². The number of para-hydroxylation sites is 1. The summed E-state index contributed by atoms with van der Waals surface area (Å²) < 4.78 is 11.7. The van der Waals surface area contributed by atoms with Crippen LogP contribution in [0.4, 0.5) is 5.69 Å². The van der Waals surface area contributed by atoms with Crippen LogP contribution in [-0.2, 0) is 16.9 Å². The van der Waals surface area contributed by atoms with Crippen molar-refractivity contribution in [2.45, 2.75) is 30.5 Å². The highest BCUT2D eigenvalue weighted by atomic mass is 16.5. The molecule has 1 amide bonds. The first-order valence-electron chi connectivity index (χ1n) is 12.2. The van der Waals surface area contributed by atoms with Gasteiger partial charge in [-0.25, -0.2) is 0 Å². The third kappa shape index (κ3) is 3.16. The summed E-state index contributed by atoms with van der Waals surface area (Å²) in [6.07, 6.45) is 2.91. The standard InChI is InChI=1S/C28H27N5O3/c1-35-21-9-10-25-23(16-21)28(18-29,22-8-5-13-30-24(22)17-36-25)32-14-11-27(12-15-32)26(34)31-19-33(27)20-6-3-2-4-7-20/h2-10,13,16H,11-12,14-15,17,19H2,1H3,(H,31,34). The number of nitriles is 1. The van der Waals surface area contributed by atoms with Crippen molar-refractivity contribution in [1.29, 1.82) is 5.26 Å². The molecule has 36 heavy (non-hydrogen) atoms. The van der Waals surface area contributed by atoms with Crippen LogP contribution in [-0.4, -0.2) is 48.2 Å². The summed E-state index contributed by atoms with van der Waals surface area (Å²) in [5.74, 6) is 1.34. The Hall–Kier alpha value is -4.09. The SMILES string of the molecule is COc1ccc2c(c1)C(C#N)(N1CCC3(CC1)C(=O)NCN3c1ccccc1)c1cccnc1CO2. The van der Waals surface area contributed by atoms with E-state index >= 15 is 0 Å². The maximum absolute atomic E-state index is 13.2. The van der Waals surface area contributed by atoms with E-state index in [4.69, 9.17) is 9.47 Å². The molecular formula is C28H27N5O3. The second-order valence-electron chi connectivity index (χ2n) is 9.42. The Morgan fingerprint density at radius 1 is 1.08 bits per heavy atom. The van der Waals surface area contributed by atoms with Crippen molar-refractivity contribution in [1.82, 2.24) is 15.2 Å². The van der Waals surface area contributed by atoms with E-state index in [9.17, 15) is 10.1 Å². The lowest BCUT2D eigenvalue weighted by molar-refractivity contribution is -0.125. The van der Waals surface area contributed by atoms with E-state index in [0.717, 1.165) is 22.5 Å². The number of nitrogens with one attached hydrogen (secondary N) is 1. The van der Waals surface area contributed by atoms with Crippen LogP contribution in [0.3, 0.4) is 0 Å². The zero-order valence-electron chi connectivity index (χ0n) is 20.1. The van der Waals surface area contributed by atoms with Gasteiger partial charge in [-0.05, 0) is 49.2 Å². The normalized spacial score (nSPS) is 22.6. The van der Waals surface area contributed by atoms with Crippen LogP contribution in [0, 0.1) is 11.3 Å². The number of anilines is 1. The van der Waals surface area contributed by atoms with Gasteiger partial charge in [-0.2, -0.15) is 5.26 Å². The summed E-state index contributed by atoms with van der Waals surface area (Å²) >= 11 is 0. The van der Waals surface area contributed by atoms with Crippen molar-refractivity contribution in [3.8, 4) is 17.6 Å². The van der Waals surface area contributed by atoms with Crippen molar-refractivity contribution >= 4 is 11.6 Å². The molecule has 2 fully saturated rings. The monoisotopic (exact) mass is 481 g/mol. The predicted octanol–water partition coefficient (Wildman–Crippen LogP) is 3.18. The molecular weight excluding hydrogens is 454 g/mol. The fourth-order valence-corrected chi connectivity index (χ4v) is 5.99. The van der Waals surface area contributed by atoms with E-state index in [1.54, 1.807) is 13.3 Å². The van der Waals surface area contributed by atoms with Crippen LogP contribution < -0.4 is 19.7 Å². The van der Waals surface area contributed by atoms with E-state index in [-0.39, 0.29) is 12.5 Å². The van der Waals surface area contributed by atoms with Gasteiger partial charge in [0.15, 0.2) is 5.54 Å². The lowest BCUT2D eigenvalue weighted by atomic mass is 9.77. The number of ether oxygens (including phenoxy) is 2. The number of benzene rings is 2. The van der Waals surface area contributed by atoms with Crippen LogP contribution >= 0.6 is 0 Å². The zero-order valence-corrected chi connectivity index (χ0v) is 20.1. The number of hydrogen-bond donors (Lipinski definition) is 1. The fraction of sp³-hybridized carbons (Fsp3) is 0.321. The molecule has 6 rings (SSSR count). The number of piperidine rings is 1. The number of aromatic nitrogens is 1. The number of methoxy groups -OCH3 is 1. The van der Waals surface area contributed by atoms with E-state index in [1.165, 1.54) is 0 Å². The van der Waals surface area contributed by atoms with Crippen molar-refractivity contribution in [3.63, 3.8) is 0 Å². The molecule has 0 saturated carbocycles. The molecule has 1 aromatic heterocycles. The molecule has 8 nitrogen and oxygen atoms in total. The molecule has 1 N–H and O–H groups in total. The van der Waals surface area contributed by atoms with Gasteiger partial charge in [-0.1, -0.05) is 24.3 Å².